The number of H-pyrrole nitrogens is 1. The van der Waals surface area contributed by atoms with Crippen LogP contribution in [0.2, 0.25) is 0 Å². The molecule has 0 aliphatic rings. The lowest BCUT2D eigenvalue weighted by Crippen LogP contribution is -2.16. The third-order valence-corrected chi connectivity index (χ3v) is 5.50. The van der Waals surface area contributed by atoms with E-state index in [1.165, 1.54) is 17.4 Å². The van der Waals surface area contributed by atoms with Crippen LogP contribution in [0.25, 0.3) is 16.3 Å². The fraction of sp³-hybridized carbons (Fsp3) is 0.227. The number of thiophene rings is 1. The molecule has 0 aliphatic heterocycles. The third-order valence-electron chi connectivity index (χ3n) is 4.40. The van der Waals surface area contributed by atoms with Crippen molar-refractivity contribution < 1.29 is 14.3 Å². The van der Waals surface area contributed by atoms with Crippen molar-refractivity contribution in [2.75, 3.05) is 6.61 Å². The van der Waals surface area contributed by atoms with Crippen molar-refractivity contribution in [2.24, 2.45) is 0 Å². The molecule has 29 heavy (non-hydrogen) atoms. The fourth-order valence-electron chi connectivity index (χ4n) is 2.73. The molecule has 1 unspecified atom stereocenters. The fourth-order valence-corrected chi connectivity index (χ4v) is 3.76. The molecule has 0 saturated carbocycles. The Kier molecular flexibility index (Phi) is 6.29. The van der Waals surface area contributed by atoms with E-state index in [9.17, 15) is 9.59 Å². The summed E-state index contributed by atoms with van der Waals surface area (Å²) in [7, 11) is 0. The Morgan fingerprint density at radius 2 is 2.03 bits per heavy atom. The predicted octanol–water partition coefficient (Wildman–Crippen LogP) is 4.48. The number of benzene rings is 1. The van der Waals surface area contributed by atoms with Crippen molar-refractivity contribution in [3.05, 3.63) is 75.2 Å². The van der Waals surface area contributed by atoms with Gasteiger partial charge in [0, 0.05) is 11.0 Å². The van der Waals surface area contributed by atoms with E-state index in [-0.39, 0.29) is 5.56 Å². The zero-order valence-electron chi connectivity index (χ0n) is 16.5. The molecule has 0 spiro atoms. The van der Waals surface area contributed by atoms with Crippen LogP contribution in [0.15, 0.2) is 47.8 Å². The number of aromatic amines is 1. The molecule has 1 N–H and O–H groups in total. The predicted molar refractivity (Wildman–Crippen MR) is 115 cm³/mol. The molecule has 3 aromatic rings. The summed E-state index contributed by atoms with van der Waals surface area (Å²) in [5.41, 5.74) is 1.54. The first kappa shape index (κ1) is 20.5. The number of nitrogens with one attached hydrogen (secondary N) is 1. The summed E-state index contributed by atoms with van der Waals surface area (Å²) in [4.78, 5) is 33.4. The maximum absolute atomic E-state index is 12.4. The van der Waals surface area contributed by atoms with Crippen molar-refractivity contribution in [3.8, 4) is 5.75 Å². The van der Waals surface area contributed by atoms with E-state index in [0.717, 1.165) is 21.8 Å². The summed E-state index contributed by atoms with van der Waals surface area (Å²) < 4.78 is 10.8. The minimum Gasteiger partial charge on any atom is -0.490 e. The van der Waals surface area contributed by atoms with Gasteiger partial charge in [0.05, 0.1) is 5.39 Å². The summed E-state index contributed by atoms with van der Waals surface area (Å²) in [6.07, 6.45) is 3.98. The highest BCUT2D eigenvalue weighted by atomic mass is 32.1. The first-order valence-corrected chi connectivity index (χ1v) is 9.93. The van der Waals surface area contributed by atoms with Gasteiger partial charge in [-0.2, -0.15) is 0 Å². The molecule has 0 radical (unpaired) electrons. The second-order valence-corrected chi connectivity index (χ2v) is 7.70. The highest BCUT2D eigenvalue weighted by Crippen LogP contribution is 2.27. The van der Waals surface area contributed by atoms with Crippen molar-refractivity contribution in [2.45, 2.75) is 26.9 Å². The molecule has 0 saturated heterocycles. The van der Waals surface area contributed by atoms with Crippen LogP contribution in [0.5, 0.6) is 5.75 Å². The topological polar surface area (TPSA) is 81.3 Å². The molecule has 2 heterocycles. The highest BCUT2D eigenvalue weighted by molar-refractivity contribution is 7.18. The number of nitrogens with zero attached hydrogens (tertiary/aromatic N) is 1. The molecule has 0 amide bonds. The van der Waals surface area contributed by atoms with Crippen LogP contribution in [0.1, 0.15) is 34.9 Å². The number of hydrogen-bond acceptors (Lipinski definition) is 6. The van der Waals surface area contributed by atoms with Gasteiger partial charge in [0.1, 0.15) is 17.2 Å². The Bertz CT molecular complexity index is 1130. The summed E-state index contributed by atoms with van der Waals surface area (Å²) >= 11 is 1.46. The van der Waals surface area contributed by atoms with Crippen LogP contribution in [0.4, 0.5) is 0 Å². The quantitative estimate of drug-likeness (QED) is 0.353. The number of carbonyl (C=O) groups is 1. The molecule has 150 valence electrons. The van der Waals surface area contributed by atoms with Crippen LogP contribution in [-0.2, 0) is 9.53 Å². The van der Waals surface area contributed by atoms with Crippen LogP contribution in [0.3, 0.4) is 0 Å². The van der Waals surface area contributed by atoms with Gasteiger partial charge in [-0.1, -0.05) is 24.8 Å². The largest absolute Gasteiger partial charge is 0.490 e. The molecule has 6 nitrogen and oxygen atoms in total. The van der Waals surface area contributed by atoms with Gasteiger partial charge >= 0.3 is 5.97 Å². The van der Waals surface area contributed by atoms with Gasteiger partial charge < -0.3 is 14.5 Å². The van der Waals surface area contributed by atoms with Gasteiger partial charge in [-0.3, -0.25) is 4.79 Å². The molecular weight excluding hydrogens is 388 g/mol. The van der Waals surface area contributed by atoms with Crippen LogP contribution in [-0.4, -0.2) is 22.5 Å². The lowest BCUT2D eigenvalue weighted by molar-refractivity contribution is -0.142. The van der Waals surface area contributed by atoms with E-state index in [1.54, 1.807) is 19.1 Å². The number of fused-ring (bicyclic) bond motifs is 1. The molecule has 0 bridgehead atoms. The molecular formula is C22H22N2O4S. The first-order chi connectivity index (χ1) is 13.9. The summed E-state index contributed by atoms with van der Waals surface area (Å²) in [6, 6.07) is 7.29. The van der Waals surface area contributed by atoms with Gasteiger partial charge in [-0.15, -0.1) is 11.3 Å². The summed E-state index contributed by atoms with van der Waals surface area (Å²) in [6.45, 7) is 9.56. The van der Waals surface area contributed by atoms with Crippen molar-refractivity contribution >= 4 is 33.6 Å². The summed E-state index contributed by atoms with van der Waals surface area (Å²) in [5.74, 6) is 0.530. The van der Waals surface area contributed by atoms with E-state index < -0.39 is 12.1 Å². The third kappa shape index (κ3) is 4.81. The molecule has 1 atom stereocenters. The molecule has 3 rings (SSSR count). The van der Waals surface area contributed by atoms with Crippen LogP contribution < -0.4 is 10.3 Å². The minimum absolute atomic E-state index is 0.218. The van der Waals surface area contributed by atoms with Crippen molar-refractivity contribution in [1.82, 2.24) is 9.97 Å². The number of rotatable bonds is 7. The van der Waals surface area contributed by atoms with Gasteiger partial charge in [0.25, 0.3) is 5.56 Å². The lowest BCUT2D eigenvalue weighted by atomic mass is 10.2. The van der Waals surface area contributed by atoms with Crippen molar-refractivity contribution in [1.29, 1.82) is 0 Å². The Balaban J connectivity index is 1.67. The van der Waals surface area contributed by atoms with Gasteiger partial charge in [-0.05, 0) is 50.1 Å². The second kappa shape index (κ2) is 8.87. The number of esters is 1. The maximum atomic E-state index is 12.4. The Morgan fingerprint density at radius 3 is 2.72 bits per heavy atom. The average Bonchev–Trinajstić information content (AvgIpc) is 2.99. The van der Waals surface area contributed by atoms with Crippen LogP contribution in [0, 0.1) is 13.8 Å². The second-order valence-electron chi connectivity index (χ2n) is 6.50. The normalized spacial score (nSPS) is 12.2. The Morgan fingerprint density at radius 1 is 1.31 bits per heavy atom. The Hall–Kier alpha value is -3.19. The number of aryl methyl sites for hydroxylation is 2. The number of carbonyl (C=O) groups excluding carboxylic acids is 1. The maximum Gasteiger partial charge on any atom is 0.331 e. The zero-order valence-corrected chi connectivity index (χ0v) is 17.3. The number of ether oxygens (including phenoxy) is 2. The standard InChI is InChI=1S/C22H22N2O4S/c1-5-12-27-17-9-6-16(7-10-17)8-11-18(25)28-14(3)20-23-21(26)19-13(2)15(4)29-22(19)24-20/h5-11,14H,1,12H2,2-4H3,(H,23,24,26)/b11-8+. The molecule has 0 fully saturated rings. The molecule has 1 aromatic carbocycles. The van der Waals surface area contributed by atoms with Crippen LogP contribution >= 0.6 is 11.3 Å². The van der Waals surface area contributed by atoms with E-state index in [2.05, 4.69) is 16.5 Å². The van der Waals surface area contributed by atoms with Crippen molar-refractivity contribution in [3.63, 3.8) is 0 Å². The van der Waals surface area contributed by atoms with E-state index in [0.29, 0.717) is 22.6 Å². The average molecular weight is 410 g/mol. The number of aromatic nitrogens is 2. The Labute approximate surface area is 172 Å². The smallest absolute Gasteiger partial charge is 0.331 e. The minimum atomic E-state index is -0.679. The lowest BCUT2D eigenvalue weighted by Gasteiger charge is -2.11. The molecule has 7 heteroatoms. The molecule has 0 aliphatic carbocycles. The van der Waals surface area contributed by atoms with Gasteiger partial charge in [0.2, 0.25) is 0 Å². The SMILES string of the molecule is C=CCOc1ccc(/C=C/C(=O)OC(C)c2nc3sc(C)c(C)c3c(=O)[nH]2)cc1. The van der Waals surface area contributed by atoms with E-state index in [1.807, 2.05) is 38.1 Å². The van der Waals surface area contributed by atoms with Gasteiger partial charge in [0.15, 0.2) is 11.9 Å². The summed E-state index contributed by atoms with van der Waals surface area (Å²) in [5, 5.41) is 0.593. The highest BCUT2D eigenvalue weighted by Gasteiger charge is 2.17. The number of hydrogen-bond donors (Lipinski definition) is 1. The zero-order chi connectivity index (χ0) is 21.0. The first-order valence-electron chi connectivity index (χ1n) is 9.11. The molecule has 2 aromatic heterocycles. The van der Waals surface area contributed by atoms with E-state index in [4.69, 9.17) is 9.47 Å². The van der Waals surface area contributed by atoms with E-state index >= 15 is 0 Å². The van der Waals surface area contributed by atoms with Gasteiger partial charge in [-0.25, -0.2) is 9.78 Å². The monoisotopic (exact) mass is 410 g/mol.